The molecular weight excluding hydrogens is 394 g/mol. The number of ether oxygens (including phenoxy) is 2. The quantitative estimate of drug-likeness (QED) is 0.523. The standard InChI is InChI=1S/C24H25N3O4/c1-30-24(29)20-6-2-19(3-7-20)16-31-22-9-4-18(5-10-22)14-27-21(8-11-23(27)28)15-26-13-12-25-17-26/h2-7,9-10,12-13,17,21H,8,11,14-16H2,1H3/t21-/m0/s1. The number of hydrogen-bond donors (Lipinski definition) is 0. The van der Waals surface area contributed by atoms with Crippen molar-refractivity contribution in [2.24, 2.45) is 0 Å². The molecular formula is C24H25N3O4. The largest absolute Gasteiger partial charge is 0.489 e. The van der Waals surface area contributed by atoms with Gasteiger partial charge in [0.25, 0.3) is 0 Å². The van der Waals surface area contributed by atoms with E-state index in [0.717, 1.165) is 29.8 Å². The molecule has 0 aliphatic carbocycles. The van der Waals surface area contributed by atoms with Crippen molar-refractivity contribution in [2.75, 3.05) is 7.11 Å². The Labute approximate surface area is 181 Å². The van der Waals surface area contributed by atoms with Crippen LogP contribution < -0.4 is 4.74 Å². The minimum absolute atomic E-state index is 0.186. The highest BCUT2D eigenvalue weighted by Gasteiger charge is 2.30. The third kappa shape index (κ3) is 5.12. The lowest BCUT2D eigenvalue weighted by Gasteiger charge is -2.25. The summed E-state index contributed by atoms with van der Waals surface area (Å²) in [5.41, 5.74) is 2.54. The zero-order valence-corrected chi connectivity index (χ0v) is 17.4. The van der Waals surface area contributed by atoms with Crippen LogP contribution >= 0.6 is 0 Å². The molecule has 1 saturated heterocycles. The summed E-state index contributed by atoms with van der Waals surface area (Å²) in [7, 11) is 1.36. The third-order valence-corrected chi connectivity index (χ3v) is 5.49. The Morgan fingerprint density at radius 1 is 1.10 bits per heavy atom. The molecule has 0 radical (unpaired) electrons. The fourth-order valence-electron chi connectivity index (χ4n) is 3.75. The first-order valence-corrected chi connectivity index (χ1v) is 10.3. The zero-order valence-electron chi connectivity index (χ0n) is 17.4. The molecule has 7 nitrogen and oxygen atoms in total. The van der Waals surface area contributed by atoms with E-state index in [0.29, 0.717) is 25.1 Å². The molecule has 1 aliphatic rings. The van der Waals surface area contributed by atoms with Crippen LogP contribution in [0.15, 0.2) is 67.3 Å². The molecule has 1 aliphatic heterocycles. The number of likely N-dealkylation sites (tertiary alicyclic amines) is 1. The number of carbonyl (C=O) groups is 2. The van der Waals surface area contributed by atoms with Gasteiger partial charge in [-0.15, -0.1) is 0 Å². The first-order chi connectivity index (χ1) is 15.1. The second-order valence-electron chi connectivity index (χ2n) is 7.59. The summed E-state index contributed by atoms with van der Waals surface area (Å²) in [5.74, 6) is 0.594. The normalized spacial score (nSPS) is 15.8. The maximum absolute atomic E-state index is 12.4. The minimum atomic E-state index is -0.355. The van der Waals surface area contributed by atoms with Gasteiger partial charge in [0, 0.05) is 31.9 Å². The Balaban J connectivity index is 1.32. The minimum Gasteiger partial charge on any atom is -0.489 e. The first-order valence-electron chi connectivity index (χ1n) is 10.3. The molecule has 0 unspecified atom stereocenters. The molecule has 2 aromatic carbocycles. The highest BCUT2D eigenvalue weighted by atomic mass is 16.5. The number of hydrogen-bond acceptors (Lipinski definition) is 5. The van der Waals surface area contributed by atoms with Crippen molar-refractivity contribution in [2.45, 2.75) is 38.6 Å². The number of rotatable bonds is 8. The van der Waals surface area contributed by atoms with Crippen molar-refractivity contribution in [1.82, 2.24) is 14.5 Å². The van der Waals surface area contributed by atoms with E-state index in [1.54, 1.807) is 24.7 Å². The maximum Gasteiger partial charge on any atom is 0.337 e. The summed E-state index contributed by atoms with van der Waals surface area (Å²) in [5, 5.41) is 0. The van der Waals surface area contributed by atoms with Crippen LogP contribution in [0.25, 0.3) is 0 Å². The van der Waals surface area contributed by atoms with E-state index in [9.17, 15) is 9.59 Å². The third-order valence-electron chi connectivity index (χ3n) is 5.49. The van der Waals surface area contributed by atoms with Crippen LogP contribution in [0.3, 0.4) is 0 Å². The van der Waals surface area contributed by atoms with Gasteiger partial charge in [-0.05, 0) is 41.8 Å². The summed E-state index contributed by atoms with van der Waals surface area (Å²) in [6, 6.07) is 15.2. The van der Waals surface area contributed by atoms with Crippen molar-refractivity contribution in [3.63, 3.8) is 0 Å². The molecule has 1 aromatic heterocycles. The average Bonchev–Trinajstić information content (AvgIpc) is 3.44. The zero-order chi connectivity index (χ0) is 21.6. The SMILES string of the molecule is COC(=O)c1ccc(COc2ccc(CN3C(=O)CC[C@H]3Cn3ccnc3)cc2)cc1. The van der Waals surface area contributed by atoms with E-state index in [4.69, 9.17) is 9.47 Å². The second-order valence-corrected chi connectivity index (χ2v) is 7.59. The lowest BCUT2D eigenvalue weighted by molar-refractivity contribution is -0.129. The molecule has 1 fully saturated rings. The average molecular weight is 419 g/mol. The molecule has 0 N–H and O–H groups in total. The van der Waals surface area contributed by atoms with E-state index in [2.05, 4.69) is 4.98 Å². The van der Waals surface area contributed by atoms with Gasteiger partial charge in [-0.3, -0.25) is 4.79 Å². The number of aromatic nitrogens is 2. The van der Waals surface area contributed by atoms with Gasteiger partial charge in [0.2, 0.25) is 5.91 Å². The van der Waals surface area contributed by atoms with Crippen molar-refractivity contribution >= 4 is 11.9 Å². The van der Waals surface area contributed by atoms with Crippen LogP contribution in [0.2, 0.25) is 0 Å². The van der Waals surface area contributed by atoms with Gasteiger partial charge in [0.1, 0.15) is 12.4 Å². The van der Waals surface area contributed by atoms with Gasteiger partial charge < -0.3 is 18.9 Å². The molecule has 0 spiro atoms. The molecule has 4 rings (SSSR count). The number of esters is 1. The molecule has 2 heterocycles. The van der Waals surface area contributed by atoms with Crippen LogP contribution in [-0.4, -0.2) is 39.5 Å². The van der Waals surface area contributed by atoms with Crippen LogP contribution in [0.5, 0.6) is 5.75 Å². The summed E-state index contributed by atoms with van der Waals surface area (Å²) in [4.78, 5) is 29.9. The summed E-state index contributed by atoms with van der Waals surface area (Å²) in [6.07, 6.45) is 6.93. The smallest absolute Gasteiger partial charge is 0.337 e. The predicted octanol–water partition coefficient (Wildman–Crippen LogP) is 3.44. The Kier molecular flexibility index (Phi) is 6.31. The fourth-order valence-corrected chi connectivity index (χ4v) is 3.75. The monoisotopic (exact) mass is 419 g/mol. The van der Waals surface area contributed by atoms with E-state index in [1.165, 1.54) is 7.11 Å². The number of carbonyl (C=O) groups excluding carboxylic acids is 2. The topological polar surface area (TPSA) is 73.7 Å². The van der Waals surface area contributed by atoms with Crippen LogP contribution in [0, 0.1) is 0 Å². The summed E-state index contributed by atoms with van der Waals surface area (Å²) < 4.78 is 12.6. The Bertz CT molecular complexity index is 1010. The molecule has 0 saturated carbocycles. The van der Waals surface area contributed by atoms with Gasteiger partial charge in [-0.1, -0.05) is 24.3 Å². The number of nitrogens with zero attached hydrogens (tertiary/aromatic N) is 3. The van der Waals surface area contributed by atoms with E-state index in [-0.39, 0.29) is 17.9 Å². The van der Waals surface area contributed by atoms with Crippen molar-refractivity contribution in [1.29, 1.82) is 0 Å². The Morgan fingerprint density at radius 2 is 1.84 bits per heavy atom. The molecule has 1 amide bonds. The molecule has 160 valence electrons. The number of amides is 1. The lowest BCUT2D eigenvalue weighted by atomic mass is 10.1. The van der Waals surface area contributed by atoms with Crippen molar-refractivity contribution in [3.8, 4) is 5.75 Å². The van der Waals surface area contributed by atoms with Crippen LogP contribution in [0.4, 0.5) is 0 Å². The second kappa shape index (κ2) is 9.47. The molecule has 7 heteroatoms. The lowest BCUT2D eigenvalue weighted by Crippen LogP contribution is -2.35. The maximum atomic E-state index is 12.4. The highest BCUT2D eigenvalue weighted by Crippen LogP contribution is 2.24. The molecule has 3 aromatic rings. The Hall–Kier alpha value is -3.61. The number of benzene rings is 2. The fraction of sp³-hybridized carbons (Fsp3) is 0.292. The molecule has 1 atom stereocenters. The van der Waals surface area contributed by atoms with Gasteiger partial charge in [-0.25, -0.2) is 9.78 Å². The van der Waals surface area contributed by atoms with Gasteiger partial charge >= 0.3 is 5.97 Å². The first kappa shape index (κ1) is 20.7. The van der Waals surface area contributed by atoms with Crippen LogP contribution in [0.1, 0.15) is 34.3 Å². The van der Waals surface area contributed by atoms with Gasteiger partial charge in [0.05, 0.1) is 25.0 Å². The van der Waals surface area contributed by atoms with Gasteiger partial charge in [0.15, 0.2) is 0 Å². The summed E-state index contributed by atoms with van der Waals surface area (Å²) in [6.45, 7) is 1.76. The van der Waals surface area contributed by atoms with E-state index >= 15 is 0 Å². The number of imidazole rings is 1. The molecule has 0 bridgehead atoms. The molecule has 31 heavy (non-hydrogen) atoms. The number of methoxy groups -OCH3 is 1. The summed E-state index contributed by atoms with van der Waals surface area (Å²) >= 11 is 0. The van der Waals surface area contributed by atoms with Gasteiger partial charge in [-0.2, -0.15) is 0 Å². The predicted molar refractivity (Wildman–Crippen MR) is 114 cm³/mol. The van der Waals surface area contributed by atoms with Crippen molar-refractivity contribution in [3.05, 3.63) is 83.9 Å². The van der Waals surface area contributed by atoms with Crippen molar-refractivity contribution < 1.29 is 19.1 Å². The van der Waals surface area contributed by atoms with Crippen LogP contribution in [-0.2, 0) is 29.2 Å². The van der Waals surface area contributed by atoms with E-state index in [1.807, 2.05) is 52.1 Å². The van der Waals surface area contributed by atoms with E-state index < -0.39 is 0 Å². The Morgan fingerprint density at radius 3 is 2.52 bits per heavy atom. The highest BCUT2D eigenvalue weighted by molar-refractivity contribution is 5.89.